The number of hydrogen-bond acceptors (Lipinski definition) is 3. The first-order valence-corrected chi connectivity index (χ1v) is 7.88. The second-order valence-electron chi connectivity index (χ2n) is 5.13. The molecule has 0 spiro atoms. The number of benzene rings is 2. The van der Waals surface area contributed by atoms with Crippen LogP contribution in [0.1, 0.15) is 18.9 Å². The van der Waals surface area contributed by atoms with Crippen LogP contribution in [-0.2, 0) is 6.54 Å². The van der Waals surface area contributed by atoms with E-state index in [-0.39, 0.29) is 6.61 Å². The van der Waals surface area contributed by atoms with E-state index in [9.17, 15) is 0 Å². The quantitative estimate of drug-likeness (QED) is 0.482. The standard InChI is InChI=1S/C18H22N2OS/c1-15(19-17-10-5-6-11-18(17)22)20(12-7-13-21)14-16-8-3-2-4-9-16/h2-6,8-11,21-22H,7,12-14H2,1H3. The molecule has 2 aromatic rings. The molecule has 0 saturated carbocycles. The van der Waals surface area contributed by atoms with Gasteiger partial charge in [0.05, 0.1) is 5.69 Å². The molecule has 0 aromatic heterocycles. The molecule has 0 fully saturated rings. The van der Waals surface area contributed by atoms with E-state index in [0.717, 1.165) is 35.9 Å². The second-order valence-corrected chi connectivity index (χ2v) is 5.61. The Morgan fingerprint density at radius 1 is 1.09 bits per heavy atom. The van der Waals surface area contributed by atoms with E-state index < -0.39 is 0 Å². The third-order valence-electron chi connectivity index (χ3n) is 3.42. The van der Waals surface area contributed by atoms with Gasteiger partial charge in [-0.3, -0.25) is 0 Å². The summed E-state index contributed by atoms with van der Waals surface area (Å²) in [5, 5.41) is 9.12. The number of amidine groups is 1. The van der Waals surface area contributed by atoms with Crippen molar-refractivity contribution in [2.75, 3.05) is 13.2 Å². The summed E-state index contributed by atoms with van der Waals surface area (Å²) in [6.45, 7) is 3.74. The Morgan fingerprint density at radius 2 is 1.77 bits per heavy atom. The van der Waals surface area contributed by atoms with Crippen molar-refractivity contribution in [1.82, 2.24) is 4.90 Å². The lowest BCUT2D eigenvalue weighted by Gasteiger charge is -2.24. The monoisotopic (exact) mass is 314 g/mol. The molecule has 0 aliphatic rings. The van der Waals surface area contributed by atoms with Crippen LogP contribution in [0.15, 0.2) is 64.5 Å². The van der Waals surface area contributed by atoms with Crippen molar-refractivity contribution in [1.29, 1.82) is 0 Å². The summed E-state index contributed by atoms with van der Waals surface area (Å²) >= 11 is 4.45. The Labute approximate surface area is 137 Å². The lowest BCUT2D eigenvalue weighted by molar-refractivity contribution is 0.264. The van der Waals surface area contributed by atoms with Gasteiger partial charge < -0.3 is 10.0 Å². The van der Waals surface area contributed by atoms with E-state index in [2.05, 4.69) is 29.7 Å². The number of aliphatic imine (C=N–C) groups is 1. The first kappa shape index (κ1) is 16.6. The predicted molar refractivity (Wildman–Crippen MR) is 95.0 cm³/mol. The highest BCUT2D eigenvalue weighted by molar-refractivity contribution is 7.80. The van der Waals surface area contributed by atoms with Gasteiger partial charge in [0.1, 0.15) is 5.84 Å². The molecule has 0 amide bonds. The topological polar surface area (TPSA) is 35.8 Å². The summed E-state index contributed by atoms with van der Waals surface area (Å²) in [6.07, 6.45) is 0.724. The average Bonchev–Trinajstić information content (AvgIpc) is 2.54. The fourth-order valence-corrected chi connectivity index (χ4v) is 2.43. The Hall–Kier alpha value is -1.78. The van der Waals surface area contributed by atoms with Crippen LogP contribution < -0.4 is 0 Å². The van der Waals surface area contributed by atoms with E-state index >= 15 is 0 Å². The molecule has 0 heterocycles. The fraction of sp³-hybridized carbons (Fsp3) is 0.278. The average molecular weight is 314 g/mol. The normalized spacial score (nSPS) is 11.5. The summed E-state index contributed by atoms with van der Waals surface area (Å²) in [5.74, 6) is 0.929. The first-order chi connectivity index (χ1) is 10.7. The summed E-state index contributed by atoms with van der Waals surface area (Å²) in [6, 6.07) is 18.1. The van der Waals surface area contributed by atoms with E-state index in [1.807, 2.05) is 49.4 Å². The number of thiol groups is 1. The van der Waals surface area contributed by atoms with Crippen molar-refractivity contribution in [3.05, 3.63) is 60.2 Å². The van der Waals surface area contributed by atoms with Gasteiger partial charge in [-0.25, -0.2) is 4.99 Å². The molecule has 0 saturated heterocycles. The predicted octanol–water partition coefficient (Wildman–Crippen LogP) is 3.91. The van der Waals surface area contributed by atoms with Gasteiger partial charge >= 0.3 is 0 Å². The highest BCUT2D eigenvalue weighted by Crippen LogP contribution is 2.22. The molecule has 0 bridgehead atoms. The van der Waals surface area contributed by atoms with Gasteiger partial charge in [-0.1, -0.05) is 42.5 Å². The zero-order valence-electron chi connectivity index (χ0n) is 12.8. The number of aliphatic hydroxyl groups is 1. The maximum atomic E-state index is 9.12. The Bertz CT molecular complexity index is 613. The third-order valence-corrected chi connectivity index (χ3v) is 3.80. The highest BCUT2D eigenvalue weighted by Gasteiger charge is 2.08. The first-order valence-electron chi connectivity index (χ1n) is 7.43. The SMILES string of the molecule is CC(=Nc1ccccc1S)N(CCCO)Cc1ccccc1. The third kappa shape index (κ3) is 4.90. The molecule has 1 N–H and O–H groups in total. The lowest BCUT2D eigenvalue weighted by Crippen LogP contribution is -2.30. The van der Waals surface area contributed by atoms with Crippen LogP contribution in [0.4, 0.5) is 5.69 Å². The molecule has 116 valence electrons. The summed E-state index contributed by atoms with van der Waals surface area (Å²) < 4.78 is 0. The summed E-state index contributed by atoms with van der Waals surface area (Å²) in [4.78, 5) is 7.74. The zero-order valence-corrected chi connectivity index (χ0v) is 13.7. The van der Waals surface area contributed by atoms with Crippen molar-refractivity contribution in [3.63, 3.8) is 0 Å². The zero-order chi connectivity index (χ0) is 15.8. The van der Waals surface area contributed by atoms with Crippen molar-refractivity contribution in [3.8, 4) is 0 Å². The van der Waals surface area contributed by atoms with Gasteiger partial charge in [0.15, 0.2) is 0 Å². The smallest absolute Gasteiger partial charge is 0.102 e. The van der Waals surface area contributed by atoms with E-state index in [4.69, 9.17) is 10.1 Å². The molecular weight excluding hydrogens is 292 g/mol. The minimum Gasteiger partial charge on any atom is -0.396 e. The molecule has 0 aliphatic carbocycles. The Morgan fingerprint density at radius 3 is 2.45 bits per heavy atom. The van der Waals surface area contributed by atoms with Crippen LogP contribution in [0.25, 0.3) is 0 Å². The number of nitrogens with zero attached hydrogens (tertiary/aromatic N) is 2. The van der Waals surface area contributed by atoms with Crippen molar-refractivity contribution in [2.24, 2.45) is 4.99 Å². The maximum absolute atomic E-state index is 9.12. The van der Waals surface area contributed by atoms with Gasteiger partial charge in [-0.05, 0) is 31.0 Å². The molecule has 0 unspecified atom stereocenters. The number of para-hydroxylation sites is 1. The molecule has 2 rings (SSSR count). The fourth-order valence-electron chi connectivity index (χ4n) is 2.22. The van der Waals surface area contributed by atoms with Gasteiger partial charge in [0.2, 0.25) is 0 Å². The molecule has 0 atom stereocenters. The van der Waals surface area contributed by atoms with Gasteiger partial charge in [-0.2, -0.15) is 0 Å². The second kappa shape index (κ2) is 8.61. The van der Waals surface area contributed by atoms with Crippen LogP contribution in [-0.4, -0.2) is 29.0 Å². The Kier molecular flexibility index (Phi) is 6.49. The van der Waals surface area contributed by atoms with E-state index in [1.54, 1.807) is 0 Å². The summed E-state index contributed by atoms with van der Waals surface area (Å²) in [7, 11) is 0. The molecule has 22 heavy (non-hydrogen) atoms. The van der Waals surface area contributed by atoms with Gasteiger partial charge in [0.25, 0.3) is 0 Å². The Balaban J connectivity index is 2.18. The largest absolute Gasteiger partial charge is 0.396 e. The van der Waals surface area contributed by atoms with Crippen LogP contribution in [0.5, 0.6) is 0 Å². The van der Waals surface area contributed by atoms with Crippen molar-refractivity contribution in [2.45, 2.75) is 24.8 Å². The molecule has 2 aromatic carbocycles. The number of aliphatic hydroxyl groups excluding tert-OH is 1. The van der Waals surface area contributed by atoms with Crippen LogP contribution in [0.2, 0.25) is 0 Å². The number of hydrogen-bond donors (Lipinski definition) is 2. The summed E-state index contributed by atoms with van der Waals surface area (Å²) in [5.41, 5.74) is 2.10. The lowest BCUT2D eigenvalue weighted by atomic mass is 10.2. The minimum absolute atomic E-state index is 0.182. The minimum atomic E-state index is 0.182. The van der Waals surface area contributed by atoms with E-state index in [0.29, 0.717) is 0 Å². The molecule has 4 heteroatoms. The van der Waals surface area contributed by atoms with Gasteiger partial charge in [0, 0.05) is 24.6 Å². The van der Waals surface area contributed by atoms with E-state index in [1.165, 1.54) is 5.56 Å². The molecule has 0 radical (unpaired) electrons. The van der Waals surface area contributed by atoms with Crippen LogP contribution in [0.3, 0.4) is 0 Å². The molecule has 0 aliphatic heterocycles. The van der Waals surface area contributed by atoms with Crippen LogP contribution >= 0.6 is 12.6 Å². The van der Waals surface area contributed by atoms with Gasteiger partial charge in [-0.15, -0.1) is 12.6 Å². The van der Waals surface area contributed by atoms with Crippen molar-refractivity contribution < 1.29 is 5.11 Å². The molecular formula is C18H22N2OS. The van der Waals surface area contributed by atoms with Crippen molar-refractivity contribution >= 4 is 24.2 Å². The maximum Gasteiger partial charge on any atom is 0.102 e. The number of rotatable bonds is 6. The highest BCUT2D eigenvalue weighted by atomic mass is 32.1. The molecule has 3 nitrogen and oxygen atoms in total. The van der Waals surface area contributed by atoms with Crippen LogP contribution in [0, 0.1) is 0 Å².